The van der Waals surface area contributed by atoms with Crippen molar-refractivity contribution < 1.29 is 25.3 Å². The van der Waals surface area contributed by atoms with Gasteiger partial charge in [-0.25, -0.2) is 25.3 Å². The van der Waals surface area contributed by atoms with E-state index < -0.39 is 34.1 Å². The lowest BCUT2D eigenvalue weighted by Crippen LogP contribution is -2.41. The molecule has 0 N–H and O–H groups in total. The highest BCUT2D eigenvalue weighted by Gasteiger charge is 2.44. The van der Waals surface area contributed by atoms with E-state index in [1.807, 2.05) is 0 Å². The zero-order chi connectivity index (χ0) is 11.1. The Balaban J connectivity index is 0. The van der Waals surface area contributed by atoms with Crippen LogP contribution in [0.3, 0.4) is 0 Å². The molecule has 0 aromatic heterocycles. The number of hydrogen-bond donors (Lipinski definition) is 0. The molecule has 14 heavy (non-hydrogen) atoms. The first-order valence-electron chi connectivity index (χ1n) is 2.93. The van der Waals surface area contributed by atoms with Gasteiger partial charge in [0, 0.05) is 18.8 Å². The van der Waals surface area contributed by atoms with Crippen LogP contribution in [0.5, 0.6) is 0 Å². The van der Waals surface area contributed by atoms with E-state index in [1.165, 1.54) is 0 Å². The SMILES string of the molecule is Br.CS(=O)(=O)[SiH](S(C)(=O)=O)S(C)(=O)=O. The first-order chi connectivity index (χ1) is 5.37. The first-order valence-corrected chi connectivity index (χ1v) is 13.0. The summed E-state index contributed by atoms with van der Waals surface area (Å²) in [4.78, 5) is 0. The minimum absolute atomic E-state index is 0. The second-order valence-corrected chi connectivity index (χ2v) is 23.0. The fourth-order valence-corrected chi connectivity index (χ4v) is 25.7. The van der Waals surface area contributed by atoms with E-state index in [0.717, 1.165) is 0 Å². The molecule has 88 valence electrons. The lowest BCUT2D eigenvalue weighted by atomic mass is 12.0. The van der Waals surface area contributed by atoms with Crippen LogP contribution in [0.15, 0.2) is 0 Å². The summed E-state index contributed by atoms with van der Waals surface area (Å²) in [6, 6.07) is 0. The fourth-order valence-electron chi connectivity index (χ4n) is 0.953. The van der Waals surface area contributed by atoms with Gasteiger partial charge < -0.3 is 0 Å². The van der Waals surface area contributed by atoms with Crippen LogP contribution in [0, 0.1) is 0 Å². The fraction of sp³-hybridized carbons (Fsp3) is 1.00. The van der Waals surface area contributed by atoms with Gasteiger partial charge in [-0.05, 0) is 0 Å². The lowest BCUT2D eigenvalue weighted by molar-refractivity contribution is 0.607. The van der Waals surface area contributed by atoms with Gasteiger partial charge >= 0.3 is 6.25 Å². The Morgan fingerprint density at radius 1 is 0.643 bits per heavy atom. The van der Waals surface area contributed by atoms with Gasteiger partial charge in [-0.1, -0.05) is 0 Å². The Labute approximate surface area is 94.8 Å². The van der Waals surface area contributed by atoms with Gasteiger partial charge in [-0.3, -0.25) is 0 Å². The molecule has 0 aliphatic carbocycles. The highest BCUT2D eigenvalue weighted by molar-refractivity contribution is 8.93. The molecule has 0 heterocycles. The topological polar surface area (TPSA) is 102 Å². The van der Waals surface area contributed by atoms with Crippen LogP contribution in [-0.4, -0.2) is 50.3 Å². The molecule has 0 saturated carbocycles. The van der Waals surface area contributed by atoms with Crippen LogP contribution < -0.4 is 0 Å². The molecule has 0 aromatic carbocycles. The second-order valence-electron chi connectivity index (χ2n) is 2.78. The third-order valence-electron chi connectivity index (χ3n) is 1.05. The molecule has 0 fully saturated rings. The highest BCUT2D eigenvalue weighted by atomic mass is 79.9. The molecule has 0 rings (SSSR count). The second kappa shape index (κ2) is 4.59. The maximum atomic E-state index is 10.9. The summed E-state index contributed by atoms with van der Waals surface area (Å²) >= 11 is 0. The third kappa shape index (κ3) is 4.86. The number of halogens is 1. The Morgan fingerprint density at radius 2 is 0.786 bits per heavy atom. The minimum atomic E-state index is -4.02. The standard InChI is InChI=1S/C3H10O6S3Si.BrH/c1-10(4,5)13(11(2,6)7)12(3,8)9;/h13H,1-3H3;1H. The van der Waals surface area contributed by atoms with Crippen LogP contribution >= 0.6 is 17.0 Å². The minimum Gasteiger partial charge on any atom is -0.234 e. The van der Waals surface area contributed by atoms with Gasteiger partial charge in [-0.15, -0.1) is 17.0 Å². The molecule has 6 nitrogen and oxygen atoms in total. The first kappa shape index (κ1) is 17.0. The van der Waals surface area contributed by atoms with Crippen LogP contribution in [0.25, 0.3) is 0 Å². The lowest BCUT2D eigenvalue weighted by Gasteiger charge is -2.07. The van der Waals surface area contributed by atoms with E-state index in [9.17, 15) is 25.3 Å². The van der Waals surface area contributed by atoms with E-state index in [-0.39, 0.29) is 17.0 Å². The summed E-state index contributed by atoms with van der Waals surface area (Å²) in [6.07, 6.45) is -1.99. The molecule has 0 aliphatic rings. The van der Waals surface area contributed by atoms with E-state index in [4.69, 9.17) is 0 Å². The average Bonchev–Trinajstić information content (AvgIpc) is 1.44. The predicted molar refractivity (Wildman–Crippen MR) is 62.0 cm³/mol. The van der Waals surface area contributed by atoms with Crippen molar-refractivity contribution in [2.24, 2.45) is 0 Å². The molecule has 0 aromatic rings. The van der Waals surface area contributed by atoms with Crippen LogP contribution in [-0.2, 0) is 27.9 Å². The van der Waals surface area contributed by atoms with Crippen molar-refractivity contribution in [2.45, 2.75) is 0 Å². The van der Waals surface area contributed by atoms with Crippen LogP contribution in [0.1, 0.15) is 0 Å². The highest BCUT2D eigenvalue weighted by Crippen LogP contribution is 2.08. The maximum Gasteiger partial charge on any atom is 0.439 e. The van der Waals surface area contributed by atoms with Crippen molar-refractivity contribution in [1.29, 1.82) is 0 Å². The third-order valence-corrected chi connectivity index (χ3v) is 28.3. The average molecular weight is 347 g/mol. The summed E-state index contributed by atoms with van der Waals surface area (Å²) in [5, 5.41) is 0. The molecule has 0 unspecified atom stereocenters. The molecule has 0 atom stereocenters. The molecule has 0 aliphatic heterocycles. The molecule has 0 saturated heterocycles. The maximum absolute atomic E-state index is 10.9. The van der Waals surface area contributed by atoms with Crippen molar-refractivity contribution in [2.75, 3.05) is 18.8 Å². The summed E-state index contributed by atoms with van der Waals surface area (Å²) in [6.45, 7) is 0. The summed E-state index contributed by atoms with van der Waals surface area (Å²) in [5.74, 6) is 0. The summed E-state index contributed by atoms with van der Waals surface area (Å²) in [7, 11) is -12.1. The zero-order valence-electron chi connectivity index (χ0n) is 7.66. The van der Waals surface area contributed by atoms with Gasteiger partial charge in [0.05, 0.1) is 0 Å². The van der Waals surface area contributed by atoms with Crippen LogP contribution in [0.4, 0.5) is 0 Å². The van der Waals surface area contributed by atoms with Crippen molar-refractivity contribution in [3.63, 3.8) is 0 Å². The van der Waals surface area contributed by atoms with Gasteiger partial charge in [0.1, 0.15) is 27.9 Å². The van der Waals surface area contributed by atoms with Gasteiger partial charge in [0.15, 0.2) is 0 Å². The van der Waals surface area contributed by atoms with E-state index >= 15 is 0 Å². The largest absolute Gasteiger partial charge is 0.439 e. The van der Waals surface area contributed by atoms with Gasteiger partial charge in [0.2, 0.25) is 0 Å². The molecular weight excluding hydrogens is 336 g/mol. The summed E-state index contributed by atoms with van der Waals surface area (Å²) < 4.78 is 65.6. The molecule has 0 amide bonds. The number of rotatable bonds is 3. The Bertz CT molecular complexity index is 410. The van der Waals surface area contributed by atoms with Crippen molar-refractivity contribution in [3.8, 4) is 0 Å². The molecule has 0 bridgehead atoms. The van der Waals surface area contributed by atoms with Crippen molar-refractivity contribution >= 4 is 51.1 Å². The van der Waals surface area contributed by atoms with Crippen molar-refractivity contribution in [3.05, 3.63) is 0 Å². The van der Waals surface area contributed by atoms with E-state index in [1.54, 1.807) is 0 Å². The molecule has 0 radical (unpaired) electrons. The van der Waals surface area contributed by atoms with Crippen molar-refractivity contribution in [1.82, 2.24) is 0 Å². The van der Waals surface area contributed by atoms with E-state index in [0.29, 0.717) is 18.8 Å². The normalized spacial score (nSPS) is 13.7. The number of hydrogen-bond acceptors (Lipinski definition) is 6. The molecule has 11 heteroatoms. The Morgan fingerprint density at radius 3 is 0.786 bits per heavy atom. The predicted octanol–water partition coefficient (Wildman–Crippen LogP) is -1.58. The molecule has 0 spiro atoms. The van der Waals surface area contributed by atoms with E-state index in [2.05, 4.69) is 0 Å². The quantitative estimate of drug-likeness (QED) is 0.571. The summed E-state index contributed by atoms with van der Waals surface area (Å²) in [5.41, 5.74) is 0. The Hall–Kier alpha value is 0.547. The zero-order valence-corrected chi connectivity index (χ0v) is 13.0. The Kier molecular flexibility index (Phi) is 5.56. The monoisotopic (exact) mass is 346 g/mol. The molecular formula is C3H11BrO6S3Si. The smallest absolute Gasteiger partial charge is 0.234 e. The van der Waals surface area contributed by atoms with Gasteiger partial charge in [0.25, 0.3) is 0 Å². The van der Waals surface area contributed by atoms with Crippen LogP contribution in [0.2, 0.25) is 0 Å². The van der Waals surface area contributed by atoms with Gasteiger partial charge in [-0.2, -0.15) is 0 Å².